The Morgan fingerprint density at radius 1 is 1.16 bits per heavy atom. The standard InChI is InChI=1S/C16H12F2N2O3S.2CH3O.CH2O.2Na/c1-2-13(22)12-6-24-16(19-12)15(23)10-5-20(7-21)14-9(10)3-8(17)4-11(14)18;3*1-2;;/h3-6,21H,2,7H2,1H3;2*1H3;1H2;;/q;2*-1;;2*+1. The van der Waals surface area contributed by atoms with Crippen LogP contribution in [0.2, 0.25) is 0 Å². The number of fused-ring (bicyclic) bond motifs is 1. The maximum atomic E-state index is 14.0. The quantitative estimate of drug-likeness (QED) is 0.281. The fourth-order valence-electron chi connectivity index (χ4n) is 2.45. The molecule has 1 N–H and O–H groups in total. The van der Waals surface area contributed by atoms with Crippen LogP contribution >= 0.6 is 11.3 Å². The maximum Gasteiger partial charge on any atom is 1.00 e. The number of Topliss-reactive ketones (excluding diaryl/α,β-unsaturated/α-hetero) is 1. The topological polar surface area (TPSA) is 135 Å². The largest absolute Gasteiger partial charge is 1.00 e. The third kappa shape index (κ3) is 8.49. The van der Waals surface area contributed by atoms with E-state index in [4.69, 9.17) is 15.0 Å². The van der Waals surface area contributed by atoms with Crippen LogP contribution in [0.5, 0.6) is 0 Å². The van der Waals surface area contributed by atoms with Crippen molar-refractivity contribution in [2.24, 2.45) is 0 Å². The van der Waals surface area contributed by atoms with Crippen molar-refractivity contribution in [2.75, 3.05) is 14.2 Å². The van der Waals surface area contributed by atoms with Crippen LogP contribution in [0.15, 0.2) is 23.7 Å². The van der Waals surface area contributed by atoms with Crippen LogP contribution in [0, 0.1) is 11.6 Å². The van der Waals surface area contributed by atoms with Gasteiger partial charge in [0.1, 0.15) is 30.8 Å². The molecule has 0 unspecified atom stereocenters. The van der Waals surface area contributed by atoms with Crippen molar-refractivity contribution in [3.05, 3.63) is 51.6 Å². The van der Waals surface area contributed by atoms with E-state index in [1.807, 2.05) is 6.79 Å². The fraction of sp³-hybridized carbons (Fsp3) is 0.263. The van der Waals surface area contributed by atoms with Crippen LogP contribution in [-0.2, 0) is 11.5 Å². The van der Waals surface area contributed by atoms with Gasteiger partial charge in [0.05, 0.1) is 11.1 Å². The van der Waals surface area contributed by atoms with Gasteiger partial charge >= 0.3 is 59.1 Å². The average Bonchev–Trinajstić information content (AvgIpc) is 3.42. The van der Waals surface area contributed by atoms with Crippen molar-refractivity contribution < 1.29 is 97.6 Å². The first kappa shape index (κ1) is 35.7. The van der Waals surface area contributed by atoms with E-state index >= 15 is 0 Å². The number of aliphatic hydroxyl groups is 1. The Morgan fingerprint density at radius 2 is 1.72 bits per heavy atom. The minimum Gasteiger partial charge on any atom is -0.857 e. The van der Waals surface area contributed by atoms with Crippen LogP contribution in [0.3, 0.4) is 0 Å². The molecule has 0 atom stereocenters. The summed E-state index contributed by atoms with van der Waals surface area (Å²) >= 11 is 0.989. The van der Waals surface area contributed by atoms with E-state index in [2.05, 4.69) is 4.98 Å². The molecule has 0 radical (unpaired) electrons. The number of aromatic nitrogens is 2. The zero-order valence-corrected chi connectivity index (χ0v) is 23.3. The number of nitrogens with zero attached hydrogens (tertiary/aromatic N) is 2. The molecule has 0 aliphatic carbocycles. The number of benzene rings is 1. The van der Waals surface area contributed by atoms with Gasteiger partial charge in [-0.25, -0.2) is 13.8 Å². The van der Waals surface area contributed by atoms with Gasteiger partial charge in [-0.15, -0.1) is 11.3 Å². The molecule has 0 saturated carbocycles. The van der Waals surface area contributed by atoms with Crippen molar-refractivity contribution in [3.8, 4) is 0 Å². The first-order valence-corrected chi connectivity index (χ1v) is 9.07. The van der Waals surface area contributed by atoms with Crippen molar-refractivity contribution >= 4 is 40.6 Å². The van der Waals surface area contributed by atoms with E-state index < -0.39 is 24.1 Å². The summed E-state index contributed by atoms with van der Waals surface area (Å²) in [4.78, 5) is 36.3. The molecule has 3 aromatic rings. The minimum atomic E-state index is -0.876. The molecular weight excluding hydrogens is 468 g/mol. The fourth-order valence-corrected chi connectivity index (χ4v) is 3.22. The normalized spacial score (nSPS) is 8.88. The molecule has 0 bridgehead atoms. The van der Waals surface area contributed by atoms with Crippen LogP contribution in [-0.4, -0.2) is 47.2 Å². The van der Waals surface area contributed by atoms with Crippen LogP contribution in [0.4, 0.5) is 8.78 Å². The molecule has 0 saturated heterocycles. The monoisotopic (exact) mass is 488 g/mol. The van der Waals surface area contributed by atoms with Crippen LogP contribution in [0.1, 0.15) is 39.2 Å². The molecule has 164 valence electrons. The van der Waals surface area contributed by atoms with Crippen molar-refractivity contribution in [1.29, 1.82) is 0 Å². The Bertz CT molecular complexity index is 998. The summed E-state index contributed by atoms with van der Waals surface area (Å²) in [5.41, 5.74) is 0.139. The van der Waals surface area contributed by atoms with Crippen LogP contribution < -0.4 is 69.3 Å². The zero-order chi connectivity index (χ0) is 23.4. The predicted octanol–water partition coefficient (Wildman–Crippen LogP) is -5.07. The Labute approximate surface area is 231 Å². The summed E-state index contributed by atoms with van der Waals surface area (Å²) < 4.78 is 28.6. The van der Waals surface area contributed by atoms with E-state index in [1.165, 1.54) is 11.6 Å². The third-order valence-electron chi connectivity index (χ3n) is 3.59. The molecular formula is C19H20F2N2Na2O6S. The van der Waals surface area contributed by atoms with Crippen LogP contribution in [0.25, 0.3) is 10.9 Å². The maximum absolute atomic E-state index is 14.0. The molecule has 13 heteroatoms. The molecule has 0 aliphatic heterocycles. The molecule has 2 aromatic heterocycles. The number of hydrogen-bond acceptors (Lipinski definition) is 8. The Morgan fingerprint density at radius 3 is 2.22 bits per heavy atom. The van der Waals surface area contributed by atoms with Gasteiger partial charge in [0, 0.05) is 29.5 Å². The summed E-state index contributed by atoms with van der Waals surface area (Å²) in [6.45, 7) is 3.12. The second-order valence-electron chi connectivity index (χ2n) is 5.08. The zero-order valence-electron chi connectivity index (χ0n) is 18.5. The molecule has 2 heterocycles. The molecule has 8 nitrogen and oxygen atoms in total. The van der Waals surface area contributed by atoms with E-state index in [0.717, 1.165) is 36.2 Å². The van der Waals surface area contributed by atoms with E-state index in [0.29, 0.717) is 6.07 Å². The van der Waals surface area contributed by atoms with Gasteiger partial charge in [0.15, 0.2) is 10.8 Å². The Balaban J connectivity index is -0.000000971. The predicted molar refractivity (Wildman–Crippen MR) is 103 cm³/mol. The van der Waals surface area contributed by atoms with Gasteiger partial charge in [0.25, 0.3) is 0 Å². The number of halogens is 2. The minimum absolute atomic E-state index is 0. The number of carbonyl (C=O) groups excluding carboxylic acids is 3. The summed E-state index contributed by atoms with van der Waals surface area (Å²) in [5, 5.41) is 27.4. The molecule has 1 aromatic carbocycles. The first-order valence-electron chi connectivity index (χ1n) is 8.19. The third-order valence-corrected chi connectivity index (χ3v) is 4.43. The Kier molecular flexibility index (Phi) is 20.7. The molecule has 3 rings (SSSR count). The summed E-state index contributed by atoms with van der Waals surface area (Å²) in [6.07, 6.45) is 1.51. The van der Waals surface area contributed by atoms with Crippen molar-refractivity contribution in [1.82, 2.24) is 9.55 Å². The number of hydrogen-bond donors (Lipinski definition) is 1. The molecule has 0 fully saturated rings. The molecule has 0 spiro atoms. The van der Waals surface area contributed by atoms with Gasteiger partial charge in [-0.3, -0.25) is 9.59 Å². The number of aliphatic hydroxyl groups excluding tert-OH is 1. The van der Waals surface area contributed by atoms with Gasteiger partial charge in [-0.1, -0.05) is 6.92 Å². The summed E-state index contributed by atoms with van der Waals surface area (Å²) in [6, 6.07) is 1.72. The Hall–Kier alpha value is -0.860. The van der Waals surface area contributed by atoms with Gasteiger partial charge in [-0.05, 0) is 6.07 Å². The molecule has 0 aliphatic rings. The van der Waals surface area contributed by atoms with E-state index in [9.17, 15) is 23.5 Å². The van der Waals surface area contributed by atoms with Crippen molar-refractivity contribution in [3.63, 3.8) is 0 Å². The number of carbonyl (C=O) groups is 3. The number of rotatable bonds is 5. The second-order valence-corrected chi connectivity index (χ2v) is 5.94. The molecule has 32 heavy (non-hydrogen) atoms. The van der Waals surface area contributed by atoms with Gasteiger partial charge in [0.2, 0.25) is 5.78 Å². The average molecular weight is 488 g/mol. The first-order chi connectivity index (χ1) is 14.5. The second kappa shape index (κ2) is 18.6. The van der Waals surface area contributed by atoms with Crippen molar-refractivity contribution in [2.45, 2.75) is 20.1 Å². The summed E-state index contributed by atoms with van der Waals surface area (Å²) in [7, 11) is 1.50. The molecule has 0 amide bonds. The smallest absolute Gasteiger partial charge is 0.857 e. The SMILES string of the molecule is C=O.CCC(=O)c1csc(C(=O)c2cn(CO)c3c(F)cc(F)cc23)n1.C[O-].C[O-].[Na+].[Na+]. The number of thiazole rings is 1. The van der Waals surface area contributed by atoms with E-state index in [1.54, 1.807) is 6.92 Å². The number of ketones is 2. The summed E-state index contributed by atoms with van der Waals surface area (Å²) in [5.74, 6) is -2.46. The van der Waals surface area contributed by atoms with Gasteiger partial charge < -0.3 is 24.7 Å². The van der Waals surface area contributed by atoms with Gasteiger partial charge in [-0.2, -0.15) is 14.2 Å². The van der Waals surface area contributed by atoms with E-state index in [-0.39, 0.29) is 98.5 Å².